The predicted octanol–water partition coefficient (Wildman–Crippen LogP) is 4.74. The van der Waals surface area contributed by atoms with Crippen LogP contribution in [0.3, 0.4) is 0 Å². The van der Waals surface area contributed by atoms with Gasteiger partial charge in [0.05, 0.1) is 21.3 Å². The molecule has 0 fully saturated rings. The van der Waals surface area contributed by atoms with Crippen molar-refractivity contribution in [3.05, 3.63) is 88.5 Å². The maximum absolute atomic E-state index is 13.1. The number of rotatable bonds is 6. The third kappa shape index (κ3) is 3.20. The van der Waals surface area contributed by atoms with E-state index in [1.54, 1.807) is 33.5 Å². The molecule has 0 aliphatic heterocycles. The minimum Gasteiger partial charge on any atom is -0.493 e. The normalized spacial score (nSPS) is 20.2. The minimum atomic E-state index is -0.146. The van der Waals surface area contributed by atoms with Crippen LogP contribution in [0.5, 0.6) is 17.2 Å². The van der Waals surface area contributed by atoms with Gasteiger partial charge in [0.2, 0.25) is 5.75 Å². The molecule has 1 N–H and O–H groups in total. The highest BCUT2D eigenvalue weighted by Crippen LogP contribution is 2.55. The third-order valence-corrected chi connectivity index (χ3v) is 6.87. The number of nitrogens with one attached hydrogen (secondary N) is 1. The molecule has 0 spiro atoms. The van der Waals surface area contributed by atoms with Crippen LogP contribution in [0, 0.1) is 5.92 Å². The number of ether oxygens (including phenoxy) is 3. The fraction of sp³-hybridized carbons (Fsp3) is 0.296. The van der Waals surface area contributed by atoms with Crippen molar-refractivity contribution < 1.29 is 19.0 Å². The van der Waals surface area contributed by atoms with E-state index in [1.807, 2.05) is 0 Å². The van der Waals surface area contributed by atoms with E-state index in [0.717, 1.165) is 6.42 Å². The van der Waals surface area contributed by atoms with Gasteiger partial charge in [-0.15, -0.1) is 0 Å². The van der Waals surface area contributed by atoms with Crippen LogP contribution in [0.4, 0.5) is 0 Å². The summed E-state index contributed by atoms with van der Waals surface area (Å²) in [5.41, 5.74) is 6.15. The van der Waals surface area contributed by atoms with Crippen molar-refractivity contribution in [3.63, 3.8) is 0 Å². The molecule has 5 nitrogen and oxygen atoms in total. The molecule has 5 heteroatoms. The highest BCUT2D eigenvalue weighted by atomic mass is 16.5. The number of benzene rings is 3. The van der Waals surface area contributed by atoms with Crippen LogP contribution < -0.4 is 19.5 Å². The van der Waals surface area contributed by atoms with Gasteiger partial charge >= 0.3 is 0 Å². The number of carbonyl (C=O) groups is 1. The summed E-state index contributed by atoms with van der Waals surface area (Å²) in [6.45, 7) is 0.610. The molecule has 6 rings (SSSR count). The van der Waals surface area contributed by atoms with E-state index < -0.39 is 0 Å². The maximum atomic E-state index is 13.1. The first kappa shape index (κ1) is 20.4. The zero-order chi connectivity index (χ0) is 22.2. The van der Waals surface area contributed by atoms with Crippen molar-refractivity contribution in [2.45, 2.75) is 18.3 Å². The first-order valence-corrected chi connectivity index (χ1v) is 10.9. The van der Waals surface area contributed by atoms with Crippen molar-refractivity contribution >= 4 is 5.91 Å². The lowest BCUT2D eigenvalue weighted by Crippen LogP contribution is -2.39. The summed E-state index contributed by atoms with van der Waals surface area (Å²) in [6.07, 6.45) is 1.04. The molecule has 3 aliphatic carbocycles. The second-order valence-corrected chi connectivity index (χ2v) is 8.41. The largest absolute Gasteiger partial charge is 0.493 e. The highest BCUT2D eigenvalue weighted by Gasteiger charge is 2.42. The van der Waals surface area contributed by atoms with Crippen LogP contribution >= 0.6 is 0 Å². The highest BCUT2D eigenvalue weighted by molar-refractivity contribution is 5.95. The van der Waals surface area contributed by atoms with Crippen molar-refractivity contribution in [2.75, 3.05) is 27.9 Å². The molecule has 3 aromatic carbocycles. The van der Waals surface area contributed by atoms with Gasteiger partial charge in [-0.2, -0.15) is 0 Å². The van der Waals surface area contributed by atoms with E-state index in [4.69, 9.17) is 14.2 Å². The Hall–Kier alpha value is -3.47. The van der Waals surface area contributed by atoms with Gasteiger partial charge in [-0.3, -0.25) is 4.79 Å². The molecule has 2 bridgehead atoms. The Morgan fingerprint density at radius 2 is 1.38 bits per heavy atom. The molecule has 3 aromatic rings. The SMILES string of the molecule is COc1cc(C(=O)NC[C@@H]2CC3c4ccccc4C2c2ccccc23)cc(OC)c1OC. The molecule has 0 heterocycles. The fourth-order valence-corrected chi connectivity index (χ4v) is 5.50. The van der Waals surface area contributed by atoms with Crippen molar-refractivity contribution in [3.8, 4) is 17.2 Å². The van der Waals surface area contributed by atoms with Crippen molar-refractivity contribution in [1.82, 2.24) is 5.32 Å². The number of carbonyl (C=O) groups excluding carboxylic acids is 1. The third-order valence-electron chi connectivity index (χ3n) is 6.87. The topological polar surface area (TPSA) is 56.8 Å². The molecule has 1 atom stereocenters. The van der Waals surface area contributed by atoms with Crippen LogP contribution in [-0.4, -0.2) is 33.8 Å². The molecule has 164 valence electrons. The Labute approximate surface area is 188 Å². The maximum Gasteiger partial charge on any atom is 0.251 e. The van der Waals surface area contributed by atoms with Gasteiger partial charge in [0.25, 0.3) is 5.91 Å². The average Bonchev–Trinajstić information content (AvgIpc) is 2.86. The smallest absolute Gasteiger partial charge is 0.251 e. The second kappa shape index (κ2) is 8.23. The molecule has 3 aliphatic rings. The molecular weight excluding hydrogens is 402 g/mol. The summed E-state index contributed by atoms with van der Waals surface area (Å²) in [5.74, 6) is 2.30. The first-order chi connectivity index (χ1) is 15.7. The van der Waals surface area contributed by atoms with E-state index in [2.05, 4.69) is 53.8 Å². The molecule has 32 heavy (non-hydrogen) atoms. The Bertz CT molecular complexity index is 1100. The number of amides is 1. The Balaban J connectivity index is 1.40. The minimum absolute atomic E-state index is 0.146. The monoisotopic (exact) mass is 429 g/mol. The fourth-order valence-electron chi connectivity index (χ4n) is 5.50. The zero-order valence-electron chi connectivity index (χ0n) is 18.6. The number of methoxy groups -OCH3 is 3. The lowest BCUT2D eigenvalue weighted by Gasteiger charge is -2.45. The number of hydrogen-bond acceptors (Lipinski definition) is 4. The lowest BCUT2D eigenvalue weighted by molar-refractivity contribution is 0.0942. The van der Waals surface area contributed by atoms with E-state index in [-0.39, 0.29) is 5.91 Å². The average molecular weight is 430 g/mol. The molecule has 0 aromatic heterocycles. The van der Waals surface area contributed by atoms with E-state index in [9.17, 15) is 4.79 Å². The summed E-state index contributed by atoms with van der Waals surface area (Å²) in [4.78, 5) is 13.1. The number of hydrogen-bond donors (Lipinski definition) is 1. The van der Waals surface area contributed by atoms with Gasteiger partial charge < -0.3 is 19.5 Å². The molecular formula is C27H27NO4. The summed E-state index contributed by atoms with van der Waals surface area (Å²) < 4.78 is 16.2. The number of fused-ring (bicyclic) bond motifs is 1. The van der Waals surface area contributed by atoms with Crippen LogP contribution in [0.2, 0.25) is 0 Å². The van der Waals surface area contributed by atoms with Crippen LogP contribution in [0.25, 0.3) is 0 Å². The van der Waals surface area contributed by atoms with Gasteiger partial charge in [-0.25, -0.2) is 0 Å². The Kier molecular flexibility index (Phi) is 5.25. The summed E-state index contributed by atoms with van der Waals surface area (Å²) in [5, 5.41) is 3.16. The van der Waals surface area contributed by atoms with E-state index in [1.165, 1.54) is 22.3 Å². The Morgan fingerprint density at radius 1 is 0.844 bits per heavy atom. The van der Waals surface area contributed by atoms with Crippen molar-refractivity contribution in [2.24, 2.45) is 5.92 Å². The molecule has 0 radical (unpaired) electrons. The van der Waals surface area contributed by atoms with Crippen LogP contribution in [0.1, 0.15) is 50.9 Å². The molecule has 0 unspecified atom stereocenters. The summed E-state index contributed by atoms with van der Waals surface area (Å²) >= 11 is 0. The van der Waals surface area contributed by atoms with Gasteiger partial charge in [0.1, 0.15) is 0 Å². The zero-order valence-corrected chi connectivity index (χ0v) is 18.6. The summed E-state index contributed by atoms with van der Waals surface area (Å²) in [7, 11) is 4.65. The molecule has 0 saturated heterocycles. The summed E-state index contributed by atoms with van der Waals surface area (Å²) in [6, 6.07) is 20.9. The predicted molar refractivity (Wildman–Crippen MR) is 123 cm³/mol. The van der Waals surface area contributed by atoms with E-state index >= 15 is 0 Å². The van der Waals surface area contributed by atoms with Crippen molar-refractivity contribution in [1.29, 1.82) is 0 Å². The lowest BCUT2D eigenvalue weighted by atomic mass is 9.59. The van der Waals surface area contributed by atoms with Gasteiger partial charge in [0, 0.05) is 23.9 Å². The van der Waals surface area contributed by atoms with Crippen LogP contribution in [0.15, 0.2) is 60.7 Å². The standard InChI is InChI=1S/C27H27NO4/c1-30-23-13-16(14-24(31-2)26(23)32-3)27(29)28-15-17-12-22-18-8-4-6-10-20(18)25(17)21-11-7-5-9-19(21)22/h4-11,13-14,17,22,25H,12,15H2,1-3H3,(H,28,29)/t17-,22?,25?/m0/s1. The van der Waals surface area contributed by atoms with Crippen LogP contribution in [-0.2, 0) is 0 Å². The van der Waals surface area contributed by atoms with Gasteiger partial charge in [-0.05, 0) is 46.7 Å². The molecule has 0 saturated carbocycles. The second-order valence-electron chi connectivity index (χ2n) is 8.41. The molecule has 1 amide bonds. The first-order valence-electron chi connectivity index (χ1n) is 10.9. The van der Waals surface area contributed by atoms with Gasteiger partial charge in [-0.1, -0.05) is 48.5 Å². The quantitative estimate of drug-likeness (QED) is 0.615. The van der Waals surface area contributed by atoms with Gasteiger partial charge in [0.15, 0.2) is 11.5 Å². The van der Waals surface area contributed by atoms with E-state index in [0.29, 0.717) is 47.1 Å². The Morgan fingerprint density at radius 3 is 1.88 bits per heavy atom.